The molecule has 2 aromatic heterocycles. The first-order valence-electron chi connectivity index (χ1n) is 5.88. The Hall–Kier alpha value is -1.81. The minimum absolute atomic E-state index is 0.250. The fraction of sp³-hybridized carbons (Fsp3) is 0.364. The molecule has 2 N–H and O–H groups in total. The molecule has 6 nitrogen and oxygen atoms in total. The van der Waals surface area contributed by atoms with Crippen LogP contribution in [0.3, 0.4) is 0 Å². The lowest BCUT2D eigenvalue weighted by Gasteiger charge is -2.17. The van der Waals surface area contributed by atoms with Gasteiger partial charge in [-0.3, -0.25) is 4.40 Å². The summed E-state index contributed by atoms with van der Waals surface area (Å²) in [5, 5.41) is -0.331. The molecule has 0 aliphatic heterocycles. The molecule has 0 fully saturated rings. The van der Waals surface area contributed by atoms with Gasteiger partial charge in [-0.2, -0.15) is 17.5 Å². The molecule has 0 saturated carbocycles. The number of aromatic nitrogens is 2. The lowest BCUT2D eigenvalue weighted by Crippen LogP contribution is -2.31. The van der Waals surface area contributed by atoms with Crippen LogP contribution in [0, 0.1) is 0 Å². The quantitative estimate of drug-likeness (QED) is 0.925. The molecule has 0 aliphatic carbocycles. The van der Waals surface area contributed by atoms with Crippen molar-refractivity contribution in [2.24, 2.45) is 0 Å². The molecule has 21 heavy (non-hydrogen) atoms. The highest BCUT2D eigenvalue weighted by atomic mass is 32.2. The van der Waals surface area contributed by atoms with Crippen LogP contribution >= 0.6 is 0 Å². The van der Waals surface area contributed by atoms with Crippen molar-refractivity contribution in [2.45, 2.75) is 17.6 Å². The molecule has 0 radical (unpaired) electrons. The largest absolute Gasteiger partial charge is 0.390 e. The van der Waals surface area contributed by atoms with Gasteiger partial charge in [-0.25, -0.2) is 13.4 Å². The van der Waals surface area contributed by atoms with Gasteiger partial charge in [-0.1, -0.05) is 6.07 Å². The SMILES string of the molecule is CN(CCC(F)(F)F)S(=O)(=O)c1c(N)nc2ccccn12. The van der Waals surface area contributed by atoms with E-state index in [0.29, 0.717) is 9.95 Å². The van der Waals surface area contributed by atoms with Gasteiger partial charge < -0.3 is 5.73 Å². The normalized spacial score (nSPS) is 13.2. The zero-order chi connectivity index (χ0) is 15.8. The highest BCUT2D eigenvalue weighted by Gasteiger charge is 2.33. The summed E-state index contributed by atoms with van der Waals surface area (Å²) >= 11 is 0. The number of hydrogen-bond donors (Lipinski definition) is 1. The lowest BCUT2D eigenvalue weighted by atomic mass is 10.4. The van der Waals surface area contributed by atoms with Crippen molar-refractivity contribution in [3.63, 3.8) is 0 Å². The van der Waals surface area contributed by atoms with Crippen molar-refractivity contribution in [3.8, 4) is 0 Å². The molecule has 0 atom stereocenters. The number of anilines is 1. The Morgan fingerprint density at radius 3 is 2.67 bits per heavy atom. The van der Waals surface area contributed by atoms with E-state index < -0.39 is 29.2 Å². The van der Waals surface area contributed by atoms with Gasteiger partial charge in [0.2, 0.25) is 0 Å². The van der Waals surface area contributed by atoms with Gasteiger partial charge in [0.15, 0.2) is 10.8 Å². The zero-order valence-corrected chi connectivity index (χ0v) is 11.8. The monoisotopic (exact) mass is 322 g/mol. The number of alkyl halides is 3. The molecular weight excluding hydrogens is 309 g/mol. The number of pyridine rings is 1. The van der Waals surface area contributed by atoms with Crippen LogP contribution in [0.25, 0.3) is 5.65 Å². The van der Waals surface area contributed by atoms with Gasteiger partial charge in [0.1, 0.15) is 5.65 Å². The average Bonchev–Trinajstić information content (AvgIpc) is 2.71. The maximum Gasteiger partial charge on any atom is 0.390 e. The lowest BCUT2D eigenvalue weighted by molar-refractivity contribution is -0.135. The minimum Gasteiger partial charge on any atom is -0.381 e. The number of nitrogens with zero attached hydrogens (tertiary/aromatic N) is 3. The number of rotatable bonds is 4. The van der Waals surface area contributed by atoms with E-state index >= 15 is 0 Å². The Balaban J connectivity index is 2.40. The minimum atomic E-state index is -4.44. The van der Waals surface area contributed by atoms with Crippen molar-refractivity contribution in [1.29, 1.82) is 0 Å². The number of nitrogen functional groups attached to an aromatic ring is 1. The van der Waals surface area contributed by atoms with E-state index in [1.54, 1.807) is 18.2 Å². The zero-order valence-electron chi connectivity index (χ0n) is 11.0. The highest BCUT2D eigenvalue weighted by molar-refractivity contribution is 7.89. The molecule has 0 saturated heterocycles. The van der Waals surface area contributed by atoms with Crippen LogP contribution < -0.4 is 5.73 Å². The first-order chi connectivity index (χ1) is 9.63. The predicted molar refractivity (Wildman–Crippen MR) is 70.1 cm³/mol. The average molecular weight is 322 g/mol. The maximum atomic E-state index is 12.4. The summed E-state index contributed by atoms with van der Waals surface area (Å²) in [5.41, 5.74) is 5.90. The van der Waals surface area contributed by atoms with Crippen LogP contribution in [0.2, 0.25) is 0 Å². The third kappa shape index (κ3) is 3.10. The van der Waals surface area contributed by atoms with E-state index in [9.17, 15) is 21.6 Å². The number of nitrogens with two attached hydrogens (primary N) is 1. The first kappa shape index (κ1) is 15.6. The Morgan fingerprint density at radius 1 is 1.38 bits per heavy atom. The molecule has 0 amide bonds. The fourth-order valence-electron chi connectivity index (χ4n) is 1.80. The topological polar surface area (TPSA) is 80.7 Å². The van der Waals surface area contributed by atoms with Gasteiger partial charge >= 0.3 is 6.18 Å². The van der Waals surface area contributed by atoms with Gasteiger partial charge in [0.25, 0.3) is 10.0 Å². The summed E-state index contributed by atoms with van der Waals surface area (Å²) < 4.78 is 63.2. The van der Waals surface area contributed by atoms with Crippen LogP contribution in [-0.4, -0.2) is 41.9 Å². The van der Waals surface area contributed by atoms with Gasteiger partial charge in [-0.15, -0.1) is 0 Å². The van der Waals surface area contributed by atoms with E-state index in [1.807, 2.05) is 0 Å². The van der Waals surface area contributed by atoms with Gasteiger partial charge in [-0.05, 0) is 12.1 Å². The summed E-state index contributed by atoms with van der Waals surface area (Å²) in [6.07, 6.45) is -4.24. The van der Waals surface area contributed by atoms with E-state index in [4.69, 9.17) is 5.73 Å². The Labute approximate surface area is 119 Å². The molecule has 2 aromatic rings. The molecule has 0 aliphatic rings. The van der Waals surface area contributed by atoms with Crippen molar-refractivity contribution >= 4 is 21.5 Å². The summed E-state index contributed by atoms with van der Waals surface area (Å²) in [5.74, 6) is -0.250. The number of hydrogen-bond acceptors (Lipinski definition) is 4. The van der Waals surface area contributed by atoms with Crippen molar-refractivity contribution < 1.29 is 21.6 Å². The Bertz CT molecular complexity index is 754. The van der Waals surface area contributed by atoms with Crippen molar-refractivity contribution in [2.75, 3.05) is 19.3 Å². The second-order valence-electron chi connectivity index (χ2n) is 4.42. The molecule has 10 heteroatoms. The molecule has 2 heterocycles. The molecule has 0 aromatic carbocycles. The third-order valence-electron chi connectivity index (χ3n) is 2.88. The Kier molecular flexibility index (Phi) is 3.85. The number of imidazole rings is 1. The molecule has 2 rings (SSSR count). The third-order valence-corrected chi connectivity index (χ3v) is 4.77. The second-order valence-corrected chi connectivity index (χ2v) is 6.38. The van der Waals surface area contributed by atoms with E-state index in [1.165, 1.54) is 10.6 Å². The van der Waals surface area contributed by atoms with Crippen LogP contribution in [-0.2, 0) is 10.0 Å². The van der Waals surface area contributed by atoms with Crippen LogP contribution in [0.1, 0.15) is 6.42 Å². The van der Waals surface area contributed by atoms with Crippen LogP contribution in [0.5, 0.6) is 0 Å². The molecule has 0 spiro atoms. The highest BCUT2D eigenvalue weighted by Crippen LogP contribution is 2.25. The van der Waals surface area contributed by atoms with Gasteiger partial charge in [0, 0.05) is 19.8 Å². The number of halogens is 3. The molecular formula is C11H13F3N4O2S. The maximum absolute atomic E-state index is 12.4. The van der Waals surface area contributed by atoms with Crippen LogP contribution in [0.15, 0.2) is 29.4 Å². The first-order valence-corrected chi connectivity index (χ1v) is 7.32. The smallest absolute Gasteiger partial charge is 0.381 e. The second kappa shape index (κ2) is 5.19. The summed E-state index contributed by atoms with van der Waals surface area (Å²) in [4.78, 5) is 3.88. The van der Waals surface area contributed by atoms with Crippen molar-refractivity contribution in [3.05, 3.63) is 24.4 Å². The number of sulfonamides is 1. The Morgan fingerprint density at radius 2 is 2.05 bits per heavy atom. The molecule has 0 unspecified atom stereocenters. The summed E-state index contributed by atoms with van der Waals surface area (Å²) in [6.45, 7) is -0.689. The standard InChI is InChI=1S/C11H13F3N4O2S/c1-17(7-5-11(12,13)14)21(19,20)10-9(15)16-8-4-2-3-6-18(8)10/h2-4,6H,5,7,15H2,1H3. The van der Waals surface area contributed by atoms with E-state index in [2.05, 4.69) is 4.98 Å². The molecule has 0 bridgehead atoms. The number of fused-ring (bicyclic) bond motifs is 1. The van der Waals surface area contributed by atoms with E-state index in [-0.39, 0.29) is 10.8 Å². The predicted octanol–water partition coefficient (Wildman–Crippen LogP) is 1.49. The fourth-order valence-corrected chi connectivity index (χ4v) is 3.14. The van der Waals surface area contributed by atoms with Crippen LogP contribution in [0.4, 0.5) is 19.0 Å². The summed E-state index contributed by atoms with van der Waals surface area (Å²) in [7, 11) is -3.09. The van der Waals surface area contributed by atoms with E-state index in [0.717, 1.165) is 7.05 Å². The van der Waals surface area contributed by atoms with Gasteiger partial charge in [0.05, 0.1) is 6.42 Å². The molecule has 116 valence electrons. The summed E-state index contributed by atoms with van der Waals surface area (Å²) in [6, 6.07) is 4.76. The van der Waals surface area contributed by atoms with Crippen molar-refractivity contribution in [1.82, 2.24) is 13.7 Å².